The number of hydrogen-bond donors (Lipinski definition) is 0. The zero-order valence-corrected chi connectivity index (χ0v) is 16.9. The zero-order valence-electron chi connectivity index (χ0n) is 16.1. The van der Waals surface area contributed by atoms with Gasteiger partial charge in [-0.25, -0.2) is 8.42 Å². The minimum absolute atomic E-state index is 0.0157. The lowest BCUT2D eigenvalue weighted by Gasteiger charge is -2.26. The number of ether oxygens (including phenoxy) is 3. The largest absolute Gasteiger partial charge is 0.486 e. The fourth-order valence-corrected chi connectivity index (χ4v) is 4.42. The fraction of sp³-hybridized carbons (Fsp3) is 0.350. The average molecular weight is 405 g/mol. The van der Waals surface area contributed by atoms with Gasteiger partial charge in [0.15, 0.2) is 11.5 Å². The van der Waals surface area contributed by atoms with Crippen LogP contribution in [0.4, 0.5) is 5.69 Å². The molecule has 1 aliphatic heterocycles. The van der Waals surface area contributed by atoms with Gasteiger partial charge in [-0.1, -0.05) is 12.1 Å². The van der Waals surface area contributed by atoms with Gasteiger partial charge in [-0.2, -0.15) is 0 Å². The lowest BCUT2D eigenvalue weighted by atomic mass is 10.1. The van der Waals surface area contributed by atoms with Crippen LogP contribution in [0, 0.1) is 13.8 Å². The van der Waals surface area contributed by atoms with Crippen molar-refractivity contribution in [2.24, 2.45) is 0 Å². The summed E-state index contributed by atoms with van der Waals surface area (Å²) in [6, 6.07) is 9.76. The SMILES string of the molecule is CCOC(=O)CN(c1cccc(C)c1C)S(=O)(=O)c1ccc2c(c1)OCCO2. The first-order chi connectivity index (χ1) is 13.3. The van der Waals surface area contributed by atoms with Crippen LogP contribution >= 0.6 is 0 Å². The molecular formula is C20H23NO6S. The van der Waals surface area contributed by atoms with E-state index in [9.17, 15) is 13.2 Å². The molecule has 150 valence electrons. The quantitative estimate of drug-likeness (QED) is 0.688. The van der Waals surface area contributed by atoms with Crippen molar-refractivity contribution in [3.8, 4) is 11.5 Å². The van der Waals surface area contributed by atoms with Gasteiger partial charge >= 0.3 is 5.97 Å². The predicted molar refractivity (Wildman–Crippen MR) is 105 cm³/mol. The maximum atomic E-state index is 13.4. The molecule has 0 atom stereocenters. The number of sulfonamides is 1. The van der Waals surface area contributed by atoms with E-state index in [4.69, 9.17) is 14.2 Å². The van der Waals surface area contributed by atoms with E-state index in [1.807, 2.05) is 19.9 Å². The molecule has 0 spiro atoms. The molecular weight excluding hydrogens is 382 g/mol. The summed E-state index contributed by atoms with van der Waals surface area (Å²) >= 11 is 0. The molecule has 1 aliphatic rings. The summed E-state index contributed by atoms with van der Waals surface area (Å²) in [6.07, 6.45) is 0. The Morgan fingerprint density at radius 2 is 1.82 bits per heavy atom. The molecule has 0 amide bonds. The average Bonchev–Trinajstić information content (AvgIpc) is 2.68. The number of benzene rings is 2. The normalized spacial score (nSPS) is 13.1. The van der Waals surface area contributed by atoms with Crippen LogP contribution in [0.2, 0.25) is 0 Å². The molecule has 8 heteroatoms. The summed E-state index contributed by atoms with van der Waals surface area (Å²) in [5, 5.41) is 0. The molecule has 1 heterocycles. The fourth-order valence-electron chi connectivity index (χ4n) is 2.94. The third-order valence-electron chi connectivity index (χ3n) is 4.52. The van der Waals surface area contributed by atoms with Crippen molar-refractivity contribution in [3.63, 3.8) is 0 Å². The number of hydrogen-bond acceptors (Lipinski definition) is 6. The minimum Gasteiger partial charge on any atom is -0.486 e. The molecule has 3 rings (SSSR count). The van der Waals surface area contributed by atoms with Crippen molar-refractivity contribution in [1.82, 2.24) is 0 Å². The number of carbonyl (C=O) groups excluding carboxylic acids is 1. The standard InChI is InChI=1S/C20H23NO6S/c1-4-25-20(22)13-21(17-7-5-6-14(2)15(17)3)28(23,24)16-8-9-18-19(12-16)27-11-10-26-18/h5-9,12H,4,10-11,13H2,1-3H3. The summed E-state index contributed by atoms with van der Waals surface area (Å²) in [6.45, 7) is 5.89. The van der Waals surface area contributed by atoms with Crippen LogP contribution in [0.15, 0.2) is 41.3 Å². The summed E-state index contributed by atoms with van der Waals surface area (Å²) in [7, 11) is -4.04. The Bertz CT molecular complexity index is 986. The van der Waals surface area contributed by atoms with Crippen molar-refractivity contribution in [2.75, 3.05) is 30.7 Å². The molecule has 7 nitrogen and oxygen atoms in total. The van der Waals surface area contributed by atoms with E-state index >= 15 is 0 Å². The Labute approximate surface area is 164 Å². The van der Waals surface area contributed by atoms with E-state index < -0.39 is 22.5 Å². The van der Waals surface area contributed by atoms with Crippen LogP contribution in [0.5, 0.6) is 11.5 Å². The van der Waals surface area contributed by atoms with Gasteiger partial charge in [-0.3, -0.25) is 9.10 Å². The Morgan fingerprint density at radius 1 is 1.11 bits per heavy atom. The monoisotopic (exact) mass is 405 g/mol. The Balaban J connectivity index is 2.08. The zero-order chi connectivity index (χ0) is 20.3. The molecule has 0 radical (unpaired) electrons. The van der Waals surface area contributed by atoms with Crippen LogP contribution in [0.3, 0.4) is 0 Å². The van der Waals surface area contributed by atoms with E-state index in [-0.39, 0.29) is 11.5 Å². The first-order valence-electron chi connectivity index (χ1n) is 8.99. The number of aryl methyl sites for hydroxylation is 1. The second-order valence-electron chi connectivity index (χ2n) is 6.34. The van der Waals surface area contributed by atoms with Gasteiger partial charge in [-0.15, -0.1) is 0 Å². The van der Waals surface area contributed by atoms with E-state index in [2.05, 4.69) is 0 Å². The Kier molecular flexibility index (Phi) is 5.79. The van der Waals surface area contributed by atoms with E-state index in [1.165, 1.54) is 12.1 Å². The van der Waals surface area contributed by atoms with Crippen molar-refractivity contribution in [3.05, 3.63) is 47.5 Å². The van der Waals surface area contributed by atoms with Crippen LogP contribution in [-0.4, -0.2) is 40.8 Å². The van der Waals surface area contributed by atoms with Crippen molar-refractivity contribution in [2.45, 2.75) is 25.7 Å². The second kappa shape index (κ2) is 8.10. The van der Waals surface area contributed by atoms with E-state index in [0.29, 0.717) is 30.4 Å². The van der Waals surface area contributed by atoms with Gasteiger partial charge in [0, 0.05) is 6.07 Å². The Morgan fingerprint density at radius 3 is 2.54 bits per heavy atom. The van der Waals surface area contributed by atoms with Gasteiger partial charge in [0.2, 0.25) is 0 Å². The Hall–Kier alpha value is -2.74. The summed E-state index contributed by atoms with van der Waals surface area (Å²) in [5.41, 5.74) is 2.12. The lowest BCUT2D eigenvalue weighted by Crippen LogP contribution is -2.37. The molecule has 0 bridgehead atoms. The maximum Gasteiger partial charge on any atom is 0.326 e. The van der Waals surface area contributed by atoms with Crippen LogP contribution in [0.25, 0.3) is 0 Å². The van der Waals surface area contributed by atoms with Crippen molar-refractivity contribution in [1.29, 1.82) is 0 Å². The third-order valence-corrected chi connectivity index (χ3v) is 6.28. The highest BCUT2D eigenvalue weighted by Gasteiger charge is 2.30. The van der Waals surface area contributed by atoms with Gasteiger partial charge in [0.05, 0.1) is 17.2 Å². The summed E-state index contributed by atoms with van der Waals surface area (Å²) < 4.78 is 43.9. The van der Waals surface area contributed by atoms with Crippen LogP contribution in [0.1, 0.15) is 18.1 Å². The number of esters is 1. The minimum atomic E-state index is -4.04. The second-order valence-corrected chi connectivity index (χ2v) is 8.20. The lowest BCUT2D eigenvalue weighted by molar-refractivity contribution is -0.141. The molecule has 0 aromatic heterocycles. The molecule has 0 saturated heterocycles. The topological polar surface area (TPSA) is 82.1 Å². The smallest absolute Gasteiger partial charge is 0.326 e. The highest BCUT2D eigenvalue weighted by atomic mass is 32.2. The van der Waals surface area contributed by atoms with E-state index in [1.54, 1.807) is 25.1 Å². The molecule has 0 saturated carbocycles. The highest BCUT2D eigenvalue weighted by molar-refractivity contribution is 7.92. The molecule has 2 aromatic rings. The highest BCUT2D eigenvalue weighted by Crippen LogP contribution is 2.35. The number of anilines is 1. The molecule has 0 unspecified atom stereocenters. The van der Waals surface area contributed by atoms with Crippen LogP contribution in [-0.2, 0) is 19.6 Å². The maximum absolute atomic E-state index is 13.4. The number of fused-ring (bicyclic) bond motifs is 1. The molecule has 0 aliphatic carbocycles. The summed E-state index contributed by atoms with van der Waals surface area (Å²) in [4.78, 5) is 12.2. The summed E-state index contributed by atoms with van der Waals surface area (Å²) in [5.74, 6) is 0.239. The molecule has 2 aromatic carbocycles. The van der Waals surface area contributed by atoms with Crippen molar-refractivity contribution >= 4 is 21.7 Å². The molecule has 0 N–H and O–H groups in total. The van der Waals surface area contributed by atoms with Gasteiger partial charge < -0.3 is 14.2 Å². The number of rotatable bonds is 6. The first kappa shape index (κ1) is 20.0. The van der Waals surface area contributed by atoms with Crippen LogP contribution < -0.4 is 13.8 Å². The van der Waals surface area contributed by atoms with Crippen molar-refractivity contribution < 1.29 is 27.4 Å². The van der Waals surface area contributed by atoms with E-state index in [0.717, 1.165) is 15.4 Å². The molecule has 28 heavy (non-hydrogen) atoms. The first-order valence-corrected chi connectivity index (χ1v) is 10.4. The van der Waals surface area contributed by atoms with Gasteiger partial charge in [-0.05, 0) is 50.1 Å². The predicted octanol–water partition coefficient (Wildman–Crippen LogP) is 2.83. The van der Waals surface area contributed by atoms with Gasteiger partial charge in [0.25, 0.3) is 10.0 Å². The number of carbonyl (C=O) groups is 1. The molecule has 0 fully saturated rings. The third kappa shape index (κ3) is 3.91. The van der Waals surface area contributed by atoms with Gasteiger partial charge in [0.1, 0.15) is 19.8 Å². The number of nitrogens with zero attached hydrogens (tertiary/aromatic N) is 1.